The largest absolute Gasteiger partial charge is 0.345 e. The number of likely N-dealkylation sites (N-methyl/N-ethyl adjacent to an activating group) is 1. The summed E-state index contributed by atoms with van der Waals surface area (Å²) in [4.78, 5) is 16.1. The first-order chi connectivity index (χ1) is 8.51. The average molecular weight is 257 g/mol. The molecule has 0 aromatic heterocycles. The van der Waals surface area contributed by atoms with E-state index in [0.717, 1.165) is 32.4 Å². The Labute approximate surface area is 113 Å². The minimum Gasteiger partial charge on any atom is -0.345 e. The van der Waals surface area contributed by atoms with Gasteiger partial charge in [0.2, 0.25) is 5.91 Å². The zero-order valence-corrected chi connectivity index (χ0v) is 12.8. The third-order valence-electron chi connectivity index (χ3n) is 4.09. The van der Waals surface area contributed by atoms with Crippen molar-refractivity contribution in [3.8, 4) is 0 Å². The zero-order valence-electron chi connectivity index (χ0n) is 12.8. The Bertz CT molecular complexity index is 231. The molecule has 0 aliphatic rings. The summed E-state index contributed by atoms with van der Waals surface area (Å²) in [6.07, 6.45) is 3.02. The van der Waals surface area contributed by atoms with Gasteiger partial charge in [0, 0.05) is 25.7 Å². The molecule has 0 bridgehead atoms. The van der Waals surface area contributed by atoms with Crippen LogP contribution in [0.25, 0.3) is 0 Å². The van der Waals surface area contributed by atoms with E-state index in [0.29, 0.717) is 13.1 Å². The monoisotopic (exact) mass is 257 g/mol. The van der Waals surface area contributed by atoms with Crippen molar-refractivity contribution in [3.05, 3.63) is 0 Å². The molecule has 0 atom stereocenters. The van der Waals surface area contributed by atoms with Crippen LogP contribution in [-0.4, -0.2) is 54.5 Å². The van der Waals surface area contributed by atoms with Crippen LogP contribution in [0.15, 0.2) is 0 Å². The molecule has 18 heavy (non-hydrogen) atoms. The predicted molar refractivity (Wildman–Crippen MR) is 77.5 cm³/mol. The van der Waals surface area contributed by atoms with Crippen molar-refractivity contribution in [2.45, 2.75) is 52.5 Å². The Kier molecular flexibility index (Phi) is 8.20. The maximum atomic E-state index is 12.1. The van der Waals surface area contributed by atoms with Gasteiger partial charge < -0.3 is 10.6 Å². The van der Waals surface area contributed by atoms with Crippen LogP contribution in [-0.2, 0) is 4.79 Å². The molecule has 0 saturated heterocycles. The molecular formula is C14H31N3O. The molecule has 0 aliphatic carbocycles. The summed E-state index contributed by atoms with van der Waals surface area (Å²) in [5, 5.41) is 0. The Hall–Kier alpha value is -0.610. The van der Waals surface area contributed by atoms with Crippen molar-refractivity contribution in [1.29, 1.82) is 0 Å². The SMILES string of the molecule is CCCN(CC(=O)N(C)CC)C(CC)(CC)CN. The third-order valence-corrected chi connectivity index (χ3v) is 4.09. The van der Waals surface area contributed by atoms with E-state index in [1.807, 2.05) is 14.0 Å². The van der Waals surface area contributed by atoms with Crippen LogP contribution in [0, 0.1) is 0 Å². The van der Waals surface area contributed by atoms with Gasteiger partial charge in [-0.1, -0.05) is 20.8 Å². The molecule has 0 saturated carbocycles. The summed E-state index contributed by atoms with van der Waals surface area (Å²) in [5.41, 5.74) is 5.95. The number of amides is 1. The second kappa shape index (κ2) is 8.48. The number of nitrogens with zero attached hydrogens (tertiary/aromatic N) is 2. The van der Waals surface area contributed by atoms with E-state index < -0.39 is 0 Å². The summed E-state index contributed by atoms with van der Waals surface area (Å²) < 4.78 is 0. The van der Waals surface area contributed by atoms with Crippen LogP contribution in [0.5, 0.6) is 0 Å². The summed E-state index contributed by atoms with van der Waals surface area (Å²) in [6.45, 7) is 11.3. The Balaban J connectivity index is 4.88. The molecule has 1 amide bonds. The average Bonchev–Trinajstić information content (AvgIpc) is 2.40. The molecule has 0 radical (unpaired) electrons. The van der Waals surface area contributed by atoms with Gasteiger partial charge in [0.05, 0.1) is 6.54 Å². The summed E-state index contributed by atoms with van der Waals surface area (Å²) in [6, 6.07) is 0. The molecule has 4 heteroatoms. The molecule has 2 N–H and O–H groups in total. The smallest absolute Gasteiger partial charge is 0.236 e. The van der Waals surface area contributed by atoms with Gasteiger partial charge in [-0.2, -0.15) is 0 Å². The molecular weight excluding hydrogens is 226 g/mol. The normalized spacial score (nSPS) is 11.9. The van der Waals surface area contributed by atoms with Gasteiger partial charge in [0.15, 0.2) is 0 Å². The van der Waals surface area contributed by atoms with E-state index in [-0.39, 0.29) is 11.4 Å². The van der Waals surface area contributed by atoms with E-state index in [4.69, 9.17) is 5.73 Å². The molecule has 0 aliphatic heterocycles. The van der Waals surface area contributed by atoms with Crippen molar-refractivity contribution < 1.29 is 4.79 Å². The van der Waals surface area contributed by atoms with Gasteiger partial charge in [-0.25, -0.2) is 0 Å². The highest BCUT2D eigenvalue weighted by atomic mass is 16.2. The lowest BCUT2D eigenvalue weighted by Crippen LogP contribution is -2.56. The number of carbonyl (C=O) groups is 1. The van der Waals surface area contributed by atoms with Crippen LogP contribution in [0.2, 0.25) is 0 Å². The number of hydrogen-bond acceptors (Lipinski definition) is 3. The fraction of sp³-hybridized carbons (Fsp3) is 0.929. The molecule has 0 aromatic carbocycles. The maximum absolute atomic E-state index is 12.1. The van der Waals surface area contributed by atoms with Crippen LogP contribution < -0.4 is 5.73 Å². The fourth-order valence-corrected chi connectivity index (χ4v) is 2.33. The maximum Gasteiger partial charge on any atom is 0.236 e. The molecule has 4 nitrogen and oxygen atoms in total. The van der Waals surface area contributed by atoms with Gasteiger partial charge in [0.25, 0.3) is 0 Å². The van der Waals surface area contributed by atoms with Gasteiger partial charge >= 0.3 is 0 Å². The van der Waals surface area contributed by atoms with Crippen LogP contribution in [0.1, 0.15) is 47.0 Å². The van der Waals surface area contributed by atoms with Crippen molar-refractivity contribution >= 4 is 5.91 Å². The Morgan fingerprint density at radius 1 is 1.17 bits per heavy atom. The summed E-state index contributed by atoms with van der Waals surface area (Å²) in [5.74, 6) is 0.186. The standard InChI is InChI=1S/C14H31N3O/c1-6-10-17(11-13(18)16(5)9-4)14(7-2,8-3)12-15/h6-12,15H2,1-5H3. The van der Waals surface area contributed by atoms with E-state index in [9.17, 15) is 4.79 Å². The van der Waals surface area contributed by atoms with Crippen LogP contribution in [0.3, 0.4) is 0 Å². The van der Waals surface area contributed by atoms with Crippen molar-refractivity contribution in [3.63, 3.8) is 0 Å². The topological polar surface area (TPSA) is 49.6 Å². The summed E-state index contributed by atoms with van der Waals surface area (Å²) in [7, 11) is 1.86. The van der Waals surface area contributed by atoms with Gasteiger partial charge in [-0.3, -0.25) is 9.69 Å². The molecule has 0 fully saturated rings. The highest BCUT2D eigenvalue weighted by Crippen LogP contribution is 2.23. The van der Waals surface area contributed by atoms with Crippen molar-refractivity contribution in [2.24, 2.45) is 5.73 Å². The number of carbonyl (C=O) groups excluding carboxylic acids is 1. The lowest BCUT2D eigenvalue weighted by molar-refractivity contribution is -0.132. The second-order valence-electron chi connectivity index (χ2n) is 4.97. The number of rotatable bonds is 9. The van der Waals surface area contributed by atoms with Crippen LogP contribution >= 0.6 is 0 Å². The van der Waals surface area contributed by atoms with E-state index in [1.165, 1.54) is 0 Å². The Morgan fingerprint density at radius 2 is 1.72 bits per heavy atom. The Morgan fingerprint density at radius 3 is 2.06 bits per heavy atom. The van der Waals surface area contributed by atoms with E-state index in [1.54, 1.807) is 4.90 Å². The van der Waals surface area contributed by atoms with Crippen molar-refractivity contribution in [2.75, 3.05) is 33.2 Å². The predicted octanol–water partition coefficient (Wildman–Crippen LogP) is 1.69. The lowest BCUT2D eigenvalue weighted by atomic mass is 9.90. The molecule has 0 heterocycles. The lowest BCUT2D eigenvalue weighted by Gasteiger charge is -2.42. The van der Waals surface area contributed by atoms with Gasteiger partial charge in [-0.15, -0.1) is 0 Å². The van der Waals surface area contributed by atoms with E-state index >= 15 is 0 Å². The van der Waals surface area contributed by atoms with Crippen molar-refractivity contribution in [1.82, 2.24) is 9.80 Å². The van der Waals surface area contributed by atoms with Crippen LogP contribution in [0.4, 0.5) is 0 Å². The first-order valence-corrected chi connectivity index (χ1v) is 7.20. The zero-order chi connectivity index (χ0) is 14.2. The highest BCUT2D eigenvalue weighted by molar-refractivity contribution is 5.78. The summed E-state index contributed by atoms with van der Waals surface area (Å²) >= 11 is 0. The van der Waals surface area contributed by atoms with Gasteiger partial charge in [0.1, 0.15) is 0 Å². The first kappa shape index (κ1) is 17.4. The molecule has 0 unspecified atom stereocenters. The molecule has 0 aromatic rings. The third kappa shape index (κ3) is 4.25. The minimum absolute atomic E-state index is 0.0275. The number of hydrogen-bond donors (Lipinski definition) is 1. The minimum atomic E-state index is -0.0275. The van der Waals surface area contributed by atoms with Gasteiger partial charge in [-0.05, 0) is 32.7 Å². The van der Waals surface area contributed by atoms with E-state index in [2.05, 4.69) is 25.7 Å². The number of nitrogens with two attached hydrogens (primary N) is 1. The molecule has 0 spiro atoms. The fourth-order valence-electron chi connectivity index (χ4n) is 2.33. The highest BCUT2D eigenvalue weighted by Gasteiger charge is 2.33. The first-order valence-electron chi connectivity index (χ1n) is 7.20. The molecule has 0 rings (SSSR count). The quantitative estimate of drug-likeness (QED) is 0.684. The molecule has 108 valence electrons. The second-order valence-corrected chi connectivity index (χ2v) is 4.97.